The maximum atomic E-state index is 11.2. The molecular weight excluding hydrogens is 384 g/mol. The molecule has 0 spiro atoms. The fourth-order valence-corrected chi connectivity index (χ4v) is 4.38. The zero-order valence-corrected chi connectivity index (χ0v) is 17.7. The van der Waals surface area contributed by atoms with Crippen LogP contribution in [0, 0.1) is 5.41 Å². The van der Waals surface area contributed by atoms with E-state index in [4.69, 9.17) is 4.74 Å². The molecule has 0 saturated heterocycles. The van der Waals surface area contributed by atoms with Gasteiger partial charge in [-0.25, -0.2) is 0 Å². The molecule has 2 aliphatic rings. The van der Waals surface area contributed by atoms with Gasteiger partial charge in [0.15, 0.2) is 11.5 Å². The number of phenolic OH excluding ortho intramolecular Hbond substituents is 2. The predicted molar refractivity (Wildman–Crippen MR) is 113 cm³/mol. The summed E-state index contributed by atoms with van der Waals surface area (Å²) >= 11 is 0. The SMILES string of the molecule is O=COC1(CCCCCc2cc(CCCCCC3(C(=O)O)CC3)cc(O)c2O)CC1. The van der Waals surface area contributed by atoms with Crippen molar-refractivity contribution in [3.63, 3.8) is 0 Å². The third kappa shape index (κ3) is 5.89. The Morgan fingerprint density at radius 2 is 1.60 bits per heavy atom. The van der Waals surface area contributed by atoms with E-state index < -0.39 is 11.4 Å². The van der Waals surface area contributed by atoms with Crippen molar-refractivity contribution in [1.82, 2.24) is 0 Å². The molecule has 1 aromatic rings. The van der Waals surface area contributed by atoms with Crippen molar-refractivity contribution < 1.29 is 29.6 Å². The monoisotopic (exact) mass is 418 g/mol. The standard InChI is InChI=1S/C24H34O6/c25-17-30-24(13-14-24)10-6-2-4-8-19-15-18(16-20(26)21(19)27)7-3-1-5-9-23(11-12-23)22(28)29/h15-17,26-27H,1-14H2,(H,28,29). The first kappa shape index (κ1) is 22.4. The average molecular weight is 419 g/mol. The molecule has 6 heteroatoms. The Morgan fingerprint density at radius 3 is 2.20 bits per heavy atom. The van der Waals surface area contributed by atoms with Crippen molar-refractivity contribution in [2.45, 2.75) is 95.5 Å². The van der Waals surface area contributed by atoms with Gasteiger partial charge in [-0.15, -0.1) is 0 Å². The Morgan fingerprint density at radius 1 is 0.933 bits per heavy atom. The minimum absolute atomic E-state index is 0.0289. The van der Waals surface area contributed by atoms with Crippen LogP contribution in [0.3, 0.4) is 0 Å². The molecule has 3 N–H and O–H groups in total. The molecule has 1 aromatic carbocycles. The quantitative estimate of drug-likeness (QED) is 0.213. The lowest BCUT2D eigenvalue weighted by molar-refractivity contribution is -0.143. The predicted octanol–water partition coefficient (Wildman–Crippen LogP) is 4.87. The zero-order valence-electron chi connectivity index (χ0n) is 17.7. The first-order chi connectivity index (χ1) is 14.4. The molecule has 3 rings (SSSR count). The number of rotatable bonds is 15. The molecule has 0 aliphatic heterocycles. The van der Waals surface area contributed by atoms with Crippen LogP contribution in [-0.2, 0) is 27.2 Å². The van der Waals surface area contributed by atoms with Crippen LogP contribution in [0.4, 0.5) is 0 Å². The lowest BCUT2D eigenvalue weighted by atomic mass is 9.96. The van der Waals surface area contributed by atoms with Gasteiger partial charge in [0.1, 0.15) is 5.60 Å². The summed E-state index contributed by atoms with van der Waals surface area (Å²) in [4.78, 5) is 21.7. The fourth-order valence-electron chi connectivity index (χ4n) is 4.38. The van der Waals surface area contributed by atoms with E-state index in [2.05, 4.69) is 0 Å². The van der Waals surface area contributed by atoms with Crippen LogP contribution in [-0.4, -0.2) is 33.4 Å². The third-order valence-corrected chi connectivity index (χ3v) is 6.84. The molecule has 2 fully saturated rings. The van der Waals surface area contributed by atoms with Crippen LogP contribution in [0.15, 0.2) is 12.1 Å². The van der Waals surface area contributed by atoms with E-state index >= 15 is 0 Å². The zero-order chi connectivity index (χ0) is 21.6. The van der Waals surface area contributed by atoms with Crippen molar-refractivity contribution in [3.8, 4) is 11.5 Å². The summed E-state index contributed by atoms with van der Waals surface area (Å²) in [5, 5.41) is 29.5. The van der Waals surface area contributed by atoms with Crippen LogP contribution >= 0.6 is 0 Å². The Balaban J connectivity index is 1.38. The van der Waals surface area contributed by atoms with Crippen molar-refractivity contribution in [2.75, 3.05) is 0 Å². The van der Waals surface area contributed by atoms with Crippen LogP contribution in [0.2, 0.25) is 0 Å². The number of aromatic hydroxyl groups is 2. The highest BCUT2D eigenvalue weighted by atomic mass is 16.5. The van der Waals surface area contributed by atoms with E-state index in [1.165, 1.54) is 0 Å². The molecule has 0 amide bonds. The van der Waals surface area contributed by atoms with E-state index in [1.807, 2.05) is 6.07 Å². The Labute approximate surface area is 178 Å². The number of benzene rings is 1. The van der Waals surface area contributed by atoms with Gasteiger partial charge in [0.2, 0.25) is 0 Å². The van der Waals surface area contributed by atoms with E-state index in [1.54, 1.807) is 6.07 Å². The van der Waals surface area contributed by atoms with Crippen molar-refractivity contribution >= 4 is 12.4 Å². The van der Waals surface area contributed by atoms with E-state index in [0.717, 1.165) is 94.6 Å². The summed E-state index contributed by atoms with van der Waals surface area (Å²) in [6, 6.07) is 3.61. The number of carboxylic acids is 1. The van der Waals surface area contributed by atoms with Gasteiger partial charge in [-0.05, 0) is 87.8 Å². The summed E-state index contributed by atoms with van der Waals surface area (Å²) < 4.78 is 5.16. The number of phenols is 2. The van der Waals surface area contributed by atoms with Gasteiger partial charge < -0.3 is 20.1 Å². The number of aliphatic carboxylic acids is 1. The molecule has 0 heterocycles. The van der Waals surface area contributed by atoms with Gasteiger partial charge in [0.05, 0.1) is 5.41 Å². The molecule has 0 aromatic heterocycles. The molecule has 0 unspecified atom stereocenters. The summed E-state index contributed by atoms with van der Waals surface area (Å²) in [5.74, 6) is -0.750. The van der Waals surface area contributed by atoms with Gasteiger partial charge >= 0.3 is 5.97 Å². The average Bonchev–Trinajstić information content (AvgIpc) is 3.62. The molecule has 2 saturated carbocycles. The van der Waals surface area contributed by atoms with Gasteiger partial charge in [-0.1, -0.05) is 25.3 Å². The minimum atomic E-state index is -0.654. The maximum absolute atomic E-state index is 11.2. The summed E-state index contributed by atoms with van der Waals surface area (Å²) in [6.45, 7) is 0.551. The largest absolute Gasteiger partial charge is 0.504 e. The molecule has 6 nitrogen and oxygen atoms in total. The Kier molecular flexibility index (Phi) is 7.27. The van der Waals surface area contributed by atoms with Crippen molar-refractivity contribution in [2.24, 2.45) is 5.41 Å². The van der Waals surface area contributed by atoms with Crippen LogP contribution in [0.5, 0.6) is 11.5 Å². The lowest BCUT2D eigenvalue weighted by Crippen LogP contribution is -2.14. The molecule has 166 valence electrons. The molecule has 0 radical (unpaired) electrons. The van der Waals surface area contributed by atoms with Gasteiger partial charge in [0.25, 0.3) is 6.47 Å². The molecule has 0 atom stereocenters. The highest BCUT2D eigenvalue weighted by Gasteiger charge is 2.49. The van der Waals surface area contributed by atoms with Crippen LogP contribution < -0.4 is 0 Å². The highest BCUT2D eigenvalue weighted by molar-refractivity contribution is 5.77. The fraction of sp³-hybridized carbons (Fsp3) is 0.667. The van der Waals surface area contributed by atoms with E-state index in [9.17, 15) is 24.9 Å². The van der Waals surface area contributed by atoms with E-state index in [-0.39, 0.29) is 17.1 Å². The molecular formula is C24H34O6. The molecule has 2 aliphatic carbocycles. The van der Waals surface area contributed by atoms with E-state index in [0.29, 0.717) is 12.9 Å². The lowest BCUT2D eigenvalue weighted by Gasteiger charge is -2.13. The second-order valence-electron chi connectivity index (χ2n) is 9.23. The second-order valence-corrected chi connectivity index (χ2v) is 9.23. The number of hydrogen-bond acceptors (Lipinski definition) is 5. The normalized spacial score (nSPS) is 18.0. The number of carbonyl (C=O) groups is 2. The number of carbonyl (C=O) groups excluding carboxylic acids is 1. The number of ether oxygens (including phenoxy) is 1. The number of aryl methyl sites for hydroxylation is 2. The first-order valence-corrected chi connectivity index (χ1v) is 11.3. The minimum Gasteiger partial charge on any atom is -0.504 e. The van der Waals surface area contributed by atoms with Crippen LogP contribution in [0.25, 0.3) is 0 Å². The third-order valence-electron chi connectivity index (χ3n) is 6.84. The molecule has 0 bridgehead atoms. The van der Waals surface area contributed by atoms with Crippen molar-refractivity contribution in [3.05, 3.63) is 23.3 Å². The summed E-state index contributed by atoms with van der Waals surface area (Å²) in [5.41, 5.74) is 1.14. The van der Waals surface area contributed by atoms with Gasteiger partial charge in [-0.2, -0.15) is 0 Å². The first-order valence-electron chi connectivity index (χ1n) is 11.3. The Hall–Kier alpha value is -2.24. The summed E-state index contributed by atoms with van der Waals surface area (Å²) in [7, 11) is 0. The second kappa shape index (κ2) is 9.71. The maximum Gasteiger partial charge on any atom is 0.309 e. The smallest absolute Gasteiger partial charge is 0.309 e. The van der Waals surface area contributed by atoms with Crippen LogP contribution in [0.1, 0.15) is 88.2 Å². The number of carboxylic acid groups (broad SMARTS) is 1. The highest BCUT2D eigenvalue weighted by Crippen LogP contribution is 2.50. The summed E-state index contributed by atoms with van der Waals surface area (Å²) in [6.07, 6.45) is 12.4. The van der Waals surface area contributed by atoms with Gasteiger partial charge in [0, 0.05) is 0 Å². The topological polar surface area (TPSA) is 104 Å². The number of unbranched alkanes of at least 4 members (excludes halogenated alkanes) is 4. The van der Waals surface area contributed by atoms with Gasteiger partial charge in [-0.3, -0.25) is 9.59 Å². The number of hydrogen-bond donors (Lipinski definition) is 3. The Bertz CT molecular complexity index is 748. The van der Waals surface area contributed by atoms with Crippen molar-refractivity contribution in [1.29, 1.82) is 0 Å². The molecule has 30 heavy (non-hydrogen) atoms.